The van der Waals surface area contributed by atoms with E-state index in [1.54, 1.807) is 0 Å². The maximum absolute atomic E-state index is 10.2. The van der Waals surface area contributed by atoms with Gasteiger partial charge in [0.05, 0.1) is 34.3 Å². The van der Waals surface area contributed by atoms with Crippen LogP contribution in [-0.4, -0.2) is 0 Å². The van der Waals surface area contributed by atoms with E-state index in [4.69, 9.17) is 8.83 Å². The monoisotopic (exact) mass is 934 g/mol. The van der Waals surface area contributed by atoms with Gasteiger partial charge in [0.25, 0.3) is 0 Å². The van der Waals surface area contributed by atoms with Crippen molar-refractivity contribution in [3.63, 3.8) is 0 Å². The molecule has 0 unspecified atom stereocenters. The molecule has 0 spiro atoms. The third-order valence-corrected chi connectivity index (χ3v) is 15.0. The Labute approximate surface area is 421 Å². The molecular weight excluding hydrogens is 893 g/mol. The van der Waals surface area contributed by atoms with E-state index in [2.05, 4.69) is 212 Å². The maximum Gasteiger partial charge on any atom is 0.159 e. The lowest BCUT2D eigenvalue weighted by atomic mass is 9.79. The molecule has 0 bridgehead atoms. The first-order valence-electron chi connectivity index (χ1n) is 24.5. The number of hydrogen-bond donors (Lipinski definition) is 0. The number of anilines is 6. The molecule has 0 saturated heterocycles. The molecule has 2 heterocycles. The van der Waals surface area contributed by atoms with Crippen molar-refractivity contribution >= 4 is 99.5 Å². The molecule has 0 fully saturated rings. The first-order chi connectivity index (χ1) is 35.9. The maximum atomic E-state index is 10.2. The Hall–Kier alpha value is -9.88. The smallest absolute Gasteiger partial charge is 0.159 e. The summed E-state index contributed by atoms with van der Waals surface area (Å²) in [6.45, 7) is 4.73. The largest absolute Gasteiger partial charge is 0.453 e. The molecule has 11 aromatic carbocycles. The van der Waals surface area contributed by atoms with Gasteiger partial charge in [-0.2, -0.15) is 10.5 Å². The highest BCUT2D eigenvalue weighted by atomic mass is 16.3. The fraction of sp³-hybridized carbons (Fsp3) is 0.0448. The zero-order valence-electron chi connectivity index (χ0n) is 39.9. The number of para-hydroxylation sites is 6. The van der Waals surface area contributed by atoms with Crippen molar-refractivity contribution in [1.29, 1.82) is 10.5 Å². The second-order valence-electron chi connectivity index (χ2n) is 19.4. The van der Waals surface area contributed by atoms with E-state index in [0.717, 1.165) is 99.7 Å². The lowest BCUT2D eigenvalue weighted by Gasteiger charge is -2.30. The highest BCUT2D eigenvalue weighted by Gasteiger charge is 2.41. The van der Waals surface area contributed by atoms with Crippen molar-refractivity contribution in [2.75, 3.05) is 9.80 Å². The SMILES string of the molecule is CC1(C)c2cc3ccccc3c(N(c3ccccc3)c3cccc4c3oc3c(C#N)cccc34)c2-c2ccc3cc(N(c4ccccc4)c4cccc5c4oc4c(-c6ccc(C#N)cc6)cccc45)ccc3c21. The van der Waals surface area contributed by atoms with Crippen LogP contribution < -0.4 is 9.80 Å². The average Bonchev–Trinajstić information content (AvgIpc) is 4.10. The molecule has 6 nitrogen and oxygen atoms in total. The van der Waals surface area contributed by atoms with Crippen LogP contribution in [0.1, 0.15) is 36.1 Å². The zero-order valence-corrected chi connectivity index (χ0v) is 39.9. The topological polar surface area (TPSA) is 80.3 Å². The molecule has 1 aliphatic rings. The summed E-state index contributed by atoms with van der Waals surface area (Å²) in [6, 6.07) is 80.7. The van der Waals surface area contributed by atoms with Crippen molar-refractivity contribution in [3.05, 3.63) is 241 Å². The van der Waals surface area contributed by atoms with Gasteiger partial charge >= 0.3 is 0 Å². The summed E-state index contributed by atoms with van der Waals surface area (Å²) in [5, 5.41) is 28.2. The Morgan fingerprint density at radius 3 is 1.68 bits per heavy atom. The summed E-state index contributed by atoms with van der Waals surface area (Å²) in [5.74, 6) is 0. The van der Waals surface area contributed by atoms with Crippen LogP contribution in [-0.2, 0) is 5.41 Å². The molecule has 0 amide bonds. The second-order valence-corrected chi connectivity index (χ2v) is 19.4. The minimum atomic E-state index is -0.397. The number of nitrogens with zero attached hydrogens (tertiary/aromatic N) is 4. The molecule has 0 N–H and O–H groups in total. The molecule has 1 aliphatic carbocycles. The van der Waals surface area contributed by atoms with Gasteiger partial charge < -0.3 is 18.6 Å². The first kappa shape index (κ1) is 42.0. The van der Waals surface area contributed by atoms with Crippen molar-refractivity contribution < 1.29 is 8.83 Å². The zero-order chi connectivity index (χ0) is 49.0. The molecule has 0 radical (unpaired) electrons. The van der Waals surface area contributed by atoms with E-state index in [1.165, 1.54) is 27.6 Å². The number of hydrogen-bond acceptors (Lipinski definition) is 6. The number of furan rings is 2. The molecule has 6 heteroatoms. The first-order valence-corrected chi connectivity index (χ1v) is 24.5. The average molecular weight is 935 g/mol. The van der Waals surface area contributed by atoms with Crippen LogP contribution in [0.2, 0.25) is 0 Å². The predicted octanol–water partition coefficient (Wildman–Crippen LogP) is 18.4. The van der Waals surface area contributed by atoms with Gasteiger partial charge in [-0.3, -0.25) is 0 Å². The Bertz CT molecular complexity index is 4500. The number of rotatable bonds is 7. The third-order valence-electron chi connectivity index (χ3n) is 15.0. The van der Waals surface area contributed by atoms with E-state index < -0.39 is 5.41 Å². The van der Waals surface area contributed by atoms with Crippen LogP contribution in [0.3, 0.4) is 0 Å². The van der Waals surface area contributed by atoms with Crippen LogP contribution >= 0.6 is 0 Å². The summed E-state index contributed by atoms with van der Waals surface area (Å²) >= 11 is 0. The number of benzene rings is 11. The summed E-state index contributed by atoms with van der Waals surface area (Å²) in [6.07, 6.45) is 0. The van der Waals surface area contributed by atoms with Gasteiger partial charge in [-0.25, -0.2) is 0 Å². The van der Waals surface area contributed by atoms with Gasteiger partial charge in [0.2, 0.25) is 0 Å². The van der Waals surface area contributed by atoms with E-state index in [-0.39, 0.29) is 0 Å². The van der Waals surface area contributed by atoms with Crippen LogP contribution in [0.15, 0.2) is 227 Å². The molecule has 0 aliphatic heterocycles. The quantitative estimate of drug-likeness (QED) is 0.158. The molecular formula is C67H42N4O2. The predicted molar refractivity (Wildman–Crippen MR) is 298 cm³/mol. The van der Waals surface area contributed by atoms with Crippen molar-refractivity contribution in [2.24, 2.45) is 0 Å². The number of nitriles is 2. The van der Waals surface area contributed by atoms with E-state index in [0.29, 0.717) is 16.7 Å². The molecule has 73 heavy (non-hydrogen) atoms. The third kappa shape index (κ3) is 6.28. The minimum Gasteiger partial charge on any atom is -0.453 e. The summed E-state index contributed by atoms with van der Waals surface area (Å²) in [7, 11) is 0. The molecule has 2 aromatic heterocycles. The van der Waals surface area contributed by atoms with E-state index in [9.17, 15) is 10.5 Å². The lowest BCUT2D eigenvalue weighted by molar-refractivity contribution is 0.666. The fourth-order valence-corrected chi connectivity index (χ4v) is 11.8. The summed E-state index contributed by atoms with van der Waals surface area (Å²) in [5.41, 5.74) is 16.4. The van der Waals surface area contributed by atoms with Gasteiger partial charge in [0.1, 0.15) is 11.7 Å². The lowest BCUT2D eigenvalue weighted by Crippen LogP contribution is -2.17. The highest BCUT2D eigenvalue weighted by Crippen LogP contribution is 2.59. The Morgan fingerprint density at radius 1 is 0.411 bits per heavy atom. The van der Waals surface area contributed by atoms with Gasteiger partial charge in [-0.15, -0.1) is 0 Å². The Morgan fingerprint density at radius 2 is 0.986 bits per heavy atom. The molecule has 13 aromatic rings. The molecule has 342 valence electrons. The fourth-order valence-electron chi connectivity index (χ4n) is 11.8. The standard InChI is InChI=1S/C67H42N4O2/c1-67(2)57-38-43-15-9-10-21-50(43)62(71(47-19-7-4-8-20-47)59-28-14-25-54-52-23-11-16-45(40-69)63(52)72-66(54)59)60(57)56-35-33-44-37-48(34-36-49(44)61(56)67)70(46-17-5-3-6-18-46)58-27-13-26-55-53-24-12-22-51(64(53)73-65(55)58)42-31-29-41(39-68)30-32-42/h3-38H,1-2H3. The van der Waals surface area contributed by atoms with Gasteiger partial charge in [0.15, 0.2) is 16.7 Å². The number of fused-ring (bicyclic) bond motifs is 12. The van der Waals surface area contributed by atoms with E-state index >= 15 is 0 Å². The van der Waals surface area contributed by atoms with Crippen molar-refractivity contribution in [2.45, 2.75) is 19.3 Å². The van der Waals surface area contributed by atoms with Crippen LogP contribution in [0.4, 0.5) is 34.1 Å². The van der Waals surface area contributed by atoms with Gasteiger partial charge in [0, 0.05) is 60.5 Å². The molecule has 14 rings (SSSR count). The highest BCUT2D eigenvalue weighted by molar-refractivity contribution is 6.17. The van der Waals surface area contributed by atoms with Crippen molar-refractivity contribution in [3.8, 4) is 34.4 Å². The summed E-state index contributed by atoms with van der Waals surface area (Å²) in [4.78, 5) is 4.68. The van der Waals surface area contributed by atoms with Crippen LogP contribution in [0.5, 0.6) is 0 Å². The Kier molecular flexibility index (Phi) is 9.26. The Balaban J connectivity index is 0.974. The normalized spacial score (nSPS) is 12.6. The van der Waals surface area contributed by atoms with Crippen LogP contribution in [0, 0.1) is 22.7 Å². The second kappa shape index (κ2) is 16.1. The van der Waals surface area contributed by atoms with Crippen LogP contribution in [0.25, 0.3) is 87.7 Å². The summed E-state index contributed by atoms with van der Waals surface area (Å²) < 4.78 is 13.8. The van der Waals surface area contributed by atoms with E-state index in [1.807, 2.05) is 42.5 Å². The molecule has 0 saturated carbocycles. The van der Waals surface area contributed by atoms with Crippen molar-refractivity contribution in [1.82, 2.24) is 0 Å². The minimum absolute atomic E-state index is 0.397. The molecule has 0 atom stereocenters. The van der Waals surface area contributed by atoms with Gasteiger partial charge in [-0.1, -0.05) is 159 Å². The van der Waals surface area contributed by atoms with Gasteiger partial charge in [-0.05, 0) is 111 Å².